The summed E-state index contributed by atoms with van der Waals surface area (Å²) in [6.45, 7) is 0. The highest BCUT2D eigenvalue weighted by Gasteiger charge is 2.13. The Labute approximate surface area is 259 Å². The van der Waals surface area contributed by atoms with Crippen molar-refractivity contribution in [2.24, 2.45) is 0 Å². The van der Waals surface area contributed by atoms with Crippen molar-refractivity contribution in [1.82, 2.24) is 15.0 Å². The van der Waals surface area contributed by atoms with Crippen LogP contribution in [-0.2, 0) is 0 Å². The van der Waals surface area contributed by atoms with Gasteiger partial charge in [-0.05, 0) is 65.2 Å². The van der Waals surface area contributed by atoms with Crippen LogP contribution in [-0.4, -0.2) is 15.0 Å². The lowest BCUT2D eigenvalue weighted by molar-refractivity contribution is 0.669. The minimum Gasteiger partial charge on any atom is -0.456 e. The maximum absolute atomic E-state index is 9.31. The van der Waals surface area contributed by atoms with Gasteiger partial charge in [0.05, 0.1) is 23.0 Å². The van der Waals surface area contributed by atoms with Crippen LogP contribution in [0.4, 0.5) is 0 Å². The number of furan rings is 1. The Morgan fingerprint density at radius 3 is 1.89 bits per heavy atom. The van der Waals surface area contributed by atoms with Gasteiger partial charge in [-0.15, -0.1) is 0 Å². The minimum atomic E-state index is 0.606. The molecule has 0 unspecified atom stereocenters. The molecular formula is C40H24N4O. The number of fused-ring (bicyclic) bond motifs is 3. The Bertz CT molecular complexity index is 2370. The third-order valence-electron chi connectivity index (χ3n) is 8.04. The van der Waals surface area contributed by atoms with Gasteiger partial charge in [0.1, 0.15) is 11.2 Å². The lowest BCUT2D eigenvalue weighted by atomic mass is 10.00. The third kappa shape index (κ3) is 5.01. The molecule has 0 aliphatic heterocycles. The van der Waals surface area contributed by atoms with Gasteiger partial charge >= 0.3 is 0 Å². The van der Waals surface area contributed by atoms with E-state index in [1.165, 1.54) is 0 Å². The number of hydrogen-bond donors (Lipinski definition) is 0. The molecule has 0 spiro atoms. The van der Waals surface area contributed by atoms with E-state index >= 15 is 0 Å². The molecule has 210 valence electrons. The van der Waals surface area contributed by atoms with Gasteiger partial charge in [-0.1, -0.05) is 84.9 Å². The van der Waals surface area contributed by atoms with E-state index in [0.29, 0.717) is 11.4 Å². The second-order valence-electron chi connectivity index (χ2n) is 10.9. The Hall–Kier alpha value is -6.38. The Morgan fingerprint density at radius 2 is 1.13 bits per heavy atom. The fraction of sp³-hybridized carbons (Fsp3) is 0. The molecule has 5 aromatic carbocycles. The van der Waals surface area contributed by atoms with Crippen LogP contribution in [0.2, 0.25) is 0 Å². The van der Waals surface area contributed by atoms with Crippen LogP contribution in [0, 0.1) is 11.3 Å². The summed E-state index contributed by atoms with van der Waals surface area (Å²) in [6.07, 6.45) is 3.62. The van der Waals surface area contributed by atoms with E-state index < -0.39 is 0 Å². The first-order valence-corrected chi connectivity index (χ1v) is 14.6. The summed E-state index contributed by atoms with van der Waals surface area (Å²) < 4.78 is 6.03. The van der Waals surface area contributed by atoms with Crippen molar-refractivity contribution in [3.05, 3.63) is 151 Å². The molecule has 5 heteroatoms. The number of nitriles is 1. The molecule has 0 N–H and O–H groups in total. The maximum atomic E-state index is 9.31. The van der Waals surface area contributed by atoms with Crippen LogP contribution in [0.15, 0.2) is 150 Å². The number of pyridine rings is 1. The molecule has 45 heavy (non-hydrogen) atoms. The molecule has 0 aliphatic rings. The van der Waals surface area contributed by atoms with E-state index in [0.717, 1.165) is 72.3 Å². The summed E-state index contributed by atoms with van der Waals surface area (Å²) >= 11 is 0. The zero-order valence-corrected chi connectivity index (χ0v) is 24.1. The first-order chi connectivity index (χ1) is 22.2. The van der Waals surface area contributed by atoms with E-state index in [1.807, 2.05) is 85.1 Å². The van der Waals surface area contributed by atoms with E-state index in [2.05, 4.69) is 65.7 Å². The molecule has 8 aromatic rings. The Kier molecular flexibility index (Phi) is 6.44. The van der Waals surface area contributed by atoms with E-state index in [4.69, 9.17) is 14.4 Å². The van der Waals surface area contributed by atoms with Gasteiger partial charge in [-0.25, -0.2) is 9.97 Å². The average molecular weight is 577 g/mol. The van der Waals surface area contributed by atoms with E-state index in [9.17, 15) is 5.26 Å². The summed E-state index contributed by atoms with van der Waals surface area (Å²) in [5.41, 5.74) is 11.1. The molecule has 5 nitrogen and oxygen atoms in total. The standard InChI is InChI=1S/C40H24N4O/c41-24-26-10-12-28(13-11-26)36-23-37(44-40(43-36)32-6-3-5-30(21-32)33-7-4-20-42-25-33)29-16-14-27(15-17-29)31-18-19-39-35(22-31)34-8-1-2-9-38(34)45-39/h1-23,25H. The minimum absolute atomic E-state index is 0.606. The molecule has 3 heterocycles. The number of hydrogen-bond acceptors (Lipinski definition) is 5. The van der Waals surface area contributed by atoms with Crippen molar-refractivity contribution in [2.45, 2.75) is 0 Å². The highest BCUT2D eigenvalue weighted by Crippen LogP contribution is 2.34. The molecule has 3 aromatic heterocycles. The van der Waals surface area contributed by atoms with Gasteiger partial charge < -0.3 is 4.42 Å². The van der Waals surface area contributed by atoms with E-state index in [1.54, 1.807) is 6.20 Å². The van der Waals surface area contributed by atoms with Crippen LogP contribution in [0.1, 0.15) is 5.56 Å². The molecule has 0 saturated heterocycles. The molecule has 0 atom stereocenters. The third-order valence-corrected chi connectivity index (χ3v) is 8.04. The fourth-order valence-electron chi connectivity index (χ4n) is 5.70. The largest absolute Gasteiger partial charge is 0.456 e. The smallest absolute Gasteiger partial charge is 0.160 e. The number of aromatic nitrogens is 3. The van der Waals surface area contributed by atoms with Crippen molar-refractivity contribution in [3.63, 3.8) is 0 Å². The summed E-state index contributed by atoms with van der Waals surface area (Å²) in [4.78, 5) is 14.3. The second kappa shape index (κ2) is 11.0. The molecular weight excluding hydrogens is 552 g/mol. The predicted molar refractivity (Wildman–Crippen MR) is 179 cm³/mol. The van der Waals surface area contributed by atoms with Crippen molar-refractivity contribution in [2.75, 3.05) is 0 Å². The van der Waals surface area contributed by atoms with Gasteiger partial charge in [0.15, 0.2) is 5.82 Å². The Balaban J connectivity index is 1.21. The van der Waals surface area contributed by atoms with Crippen LogP contribution in [0.5, 0.6) is 0 Å². The molecule has 0 amide bonds. The molecule has 0 radical (unpaired) electrons. The second-order valence-corrected chi connectivity index (χ2v) is 10.9. The predicted octanol–water partition coefficient (Wildman–Crippen LogP) is 9.98. The van der Waals surface area contributed by atoms with Gasteiger partial charge in [-0.3, -0.25) is 4.98 Å². The average Bonchev–Trinajstić information content (AvgIpc) is 3.50. The first kappa shape index (κ1) is 26.3. The zero-order valence-electron chi connectivity index (χ0n) is 24.1. The van der Waals surface area contributed by atoms with E-state index in [-0.39, 0.29) is 0 Å². The number of benzene rings is 5. The van der Waals surface area contributed by atoms with Crippen molar-refractivity contribution in [3.8, 4) is 62.2 Å². The summed E-state index contributed by atoms with van der Waals surface area (Å²) in [5, 5.41) is 11.5. The highest BCUT2D eigenvalue weighted by atomic mass is 16.3. The van der Waals surface area contributed by atoms with Crippen molar-refractivity contribution in [1.29, 1.82) is 5.26 Å². The van der Waals surface area contributed by atoms with Gasteiger partial charge in [0, 0.05) is 45.4 Å². The van der Waals surface area contributed by atoms with Crippen LogP contribution < -0.4 is 0 Å². The lowest BCUT2D eigenvalue weighted by Gasteiger charge is -2.11. The van der Waals surface area contributed by atoms with Crippen LogP contribution >= 0.6 is 0 Å². The summed E-state index contributed by atoms with van der Waals surface area (Å²) in [7, 11) is 0. The molecule has 0 saturated carbocycles. The zero-order chi connectivity index (χ0) is 30.2. The van der Waals surface area contributed by atoms with Crippen molar-refractivity contribution >= 4 is 21.9 Å². The monoisotopic (exact) mass is 576 g/mol. The van der Waals surface area contributed by atoms with Crippen LogP contribution in [0.25, 0.3) is 78.1 Å². The molecule has 0 bridgehead atoms. The summed E-state index contributed by atoms with van der Waals surface area (Å²) in [5.74, 6) is 0.624. The maximum Gasteiger partial charge on any atom is 0.160 e. The molecule has 0 fully saturated rings. The molecule has 8 rings (SSSR count). The van der Waals surface area contributed by atoms with Gasteiger partial charge in [-0.2, -0.15) is 5.26 Å². The highest BCUT2D eigenvalue weighted by molar-refractivity contribution is 6.06. The van der Waals surface area contributed by atoms with Gasteiger partial charge in [0.25, 0.3) is 0 Å². The van der Waals surface area contributed by atoms with Crippen molar-refractivity contribution < 1.29 is 4.42 Å². The topological polar surface area (TPSA) is 75.6 Å². The fourth-order valence-corrected chi connectivity index (χ4v) is 5.70. The Morgan fingerprint density at radius 1 is 0.489 bits per heavy atom. The van der Waals surface area contributed by atoms with Crippen LogP contribution in [0.3, 0.4) is 0 Å². The number of nitrogens with zero attached hydrogens (tertiary/aromatic N) is 4. The SMILES string of the molecule is N#Cc1ccc(-c2cc(-c3ccc(-c4ccc5oc6ccccc6c5c4)cc3)nc(-c3cccc(-c4cccnc4)c3)n2)cc1. The lowest BCUT2D eigenvalue weighted by Crippen LogP contribution is -1.96. The number of rotatable bonds is 5. The first-order valence-electron chi connectivity index (χ1n) is 14.6. The normalized spacial score (nSPS) is 11.1. The quantitative estimate of drug-likeness (QED) is 0.204. The number of para-hydroxylation sites is 1. The summed E-state index contributed by atoms with van der Waals surface area (Å²) in [6, 6.07) is 46.8. The molecule has 0 aliphatic carbocycles. The van der Waals surface area contributed by atoms with Gasteiger partial charge in [0.2, 0.25) is 0 Å².